The van der Waals surface area contributed by atoms with Crippen LogP contribution >= 0.6 is 23.5 Å². The molecule has 1 aromatic rings. The molecule has 0 bridgehead atoms. The van der Waals surface area contributed by atoms with Crippen molar-refractivity contribution < 1.29 is 23.9 Å². The Balaban J connectivity index is 1.31. The van der Waals surface area contributed by atoms with Gasteiger partial charge in [-0.1, -0.05) is 17.8 Å². The molecular formula is C18H20N2O5S2. The summed E-state index contributed by atoms with van der Waals surface area (Å²) in [5, 5.41) is 2.23. The zero-order valence-corrected chi connectivity index (χ0v) is 16.3. The molecule has 3 amide bonds. The van der Waals surface area contributed by atoms with Crippen LogP contribution in [0.15, 0.2) is 23.1 Å². The number of carbonyl (C=O) groups is 4. The monoisotopic (exact) mass is 408 g/mol. The molecule has 9 heteroatoms. The van der Waals surface area contributed by atoms with Gasteiger partial charge in [0.05, 0.1) is 11.5 Å². The maximum atomic E-state index is 11.8. The minimum atomic E-state index is -0.461. The normalized spacial score (nSPS) is 15.8. The van der Waals surface area contributed by atoms with E-state index in [1.807, 2.05) is 6.07 Å². The van der Waals surface area contributed by atoms with E-state index >= 15 is 0 Å². The van der Waals surface area contributed by atoms with Crippen molar-refractivity contribution in [1.29, 1.82) is 0 Å². The number of benzene rings is 1. The highest BCUT2D eigenvalue weighted by molar-refractivity contribution is 8.14. The summed E-state index contributed by atoms with van der Waals surface area (Å²) in [4.78, 5) is 48.5. The number of rotatable bonds is 8. The predicted molar refractivity (Wildman–Crippen MR) is 103 cm³/mol. The number of aryl methyl sites for hydroxylation is 2. The quantitative estimate of drug-likeness (QED) is 0.516. The molecule has 1 heterocycles. The summed E-state index contributed by atoms with van der Waals surface area (Å²) < 4.78 is 4.96. The van der Waals surface area contributed by atoms with Crippen molar-refractivity contribution in [3.63, 3.8) is 0 Å². The lowest BCUT2D eigenvalue weighted by Crippen LogP contribution is -2.38. The van der Waals surface area contributed by atoms with Crippen LogP contribution < -0.4 is 5.32 Å². The molecule has 1 saturated heterocycles. The van der Waals surface area contributed by atoms with Gasteiger partial charge in [0.15, 0.2) is 6.61 Å². The molecular weight excluding hydrogens is 388 g/mol. The number of imide groups is 1. The molecule has 0 radical (unpaired) electrons. The Morgan fingerprint density at radius 2 is 2.04 bits per heavy atom. The van der Waals surface area contributed by atoms with Crippen molar-refractivity contribution in [3.8, 4) is 0 Å². The van der Waals surface area contributed by atoms with Crippen LogP contribution in [0.4, 0.5) is 4.79 Å². The Hall–Kier alpha value is -2.00. The number of thioether (sulfide) groups is 2. The number of nitrogens with zero attached hydrogens (tertiary/aromatic N) is 1. The van der Waals surface area contributed by atoms with E-state index in [4.69, 9.17) is 4.74 Å². The summed E-state index contributed by atoms with van der Waals surface area (Å²) >= 11 is 2.34. The van der Waals surface area contributed by atoms with Crippen LogP contribution in [0.1, 0.15) is 17.5 Å². The Bertz CT molecular complexity index is 752. The number of hydrogen-bond donors (Lipinski definition) is 1. The van der Waals surface area contributed by atoms with Crippen LogP contribution in [0, 0.1) is 0 Å². The van der Waals surface area contributed by atoms with Crippen LogP contribution in [0.3, 0.4) is 0 Å². The fraction of sp³-hybridized carbons (Fsp3) is 0.444. The first-order chi connectivity index (χ1) is 13.0. The van der Waals surface area contributed by atoms with E-state index in [2.05, 4.69) is 17.4 Å². The van der Waals surface area contributed by atoms with Crippen LogP contribution in [0.2, 0.25) is 0 Å². The summed E-state index contributed by atoms with van der Waals surface area (Å²) in [6.07, 6.45) is 3.39. The standard InChI is InChI=1S/C18H20N2O5S2/c21-15(19-6-7-20-16(22)10-27-18(20)24)9-25-17(23)11-26-14-5-4-12-2-1-3-13(12)8-14/h4-5,8H,1-3,6-7,9-11H2,(H,19,21). The fourth-order valence-electron chi connectivity index (χ4n) is 2.92. The number of ether oxygens (including phenoxy) is 1. The average molecular weight is 409 g/mol. The maximum absolute atomic E-state index is 11.8. The van der Waals surface area contributed by atoms with Gasteiger partial charge in [0.1, 0.15) is 0 Å². The third-order valence-electron chi connectivity index (χ3n) is 4.29. The smallest absolute Gasteiger partial charge is 0.316 e. The lowest BCUT2D eigenvalue weighted by atomic mass is 10.1. The van der Waals surface area contributed by atoms with E-state index in [0.717, 1.165) is 34.4 Å². The number of nitrogens with one attached hydrogen (secondary N) is 1. The van der Waals surface area contributed by atoms with E-state index in [1.165, 1.54) is 29.3 Å². The minimum absolute atomic E-state index is 0.124. The Labute approximate surface area is 165 Å². The van der Waals surface area contributed by atoms with Crippen LogP contribution in [0.25, 0.3) is 0 Å². The van der Waals surface area contributed by atoms with Gasteiger partial charge in [-0.3, -0.25) is 24.1 Å². The number of carbonyl (C=O) groups excluding carboxylic acids is 4. The van der Waals surface area contributed by atoms with Crippen molar-refractivity contribution in [1.82, 2.24) is 10.2 Å². The van der Waals surface area contributed by atoms with Gasteiger partial charge < -0.3 is 10.1 Å². The lowest BCUT2D eigenvalue weighted by Gasteiger charge is -2.13. The Morgan fingerprint density at radius 1 is 1.22 bits per heavy atom. The minimum Gasteiger partial charge on any atom is -0.455 e. The number of amides is 3. The molecule has 144 valence electrons. The third kappa shape index (κ3) is 5.49. The summed E-state index contributed by atoms with van der Waals surface area (Å²) in [5.74, 6) is -0.893. The van der Waals surface area contributed by atoms with Crippen molar-refractivity contribution in [2.45, 2.75) is 24.2 Å². The highest BCUT2D eigenvalue weighted by Gasteiger charge is 2.29. The van der Waals surface area contributed by atoms with E-state index in [9.17, 15) is 19.2 Å². The maximum Gasteiger partial charge on any atom is 0.316 e. The fourth-order valence-corrected chi connectivity index (χ4v) is 4.43. The summed E-state index contributed by atoms with van der Waals surface area (Å²) in [5.41, 5.74) is 2.73. The molecule has 0 atom stereocenters. The van der Waals surface area contributed by atoms with Crippen molar-refractivity contribution in [2.24, 2.45) is 0 Å². The molecule has 0 spiro atoms. The topological polar surface area (TPSA) is 92.8 Å². The molecule has 0 unspecified atom stereocenters. The average Bonchev–Trinajstić information content (AvgIpc) is 3.25. The van der Waals surface area contributed by atoms with Gasteiger partial charge in [-0.2, -0.15) is 0 Å². The number of esters is 1. The molecule has 2 aliphatic rings. The second-order valence-corrected chi connectivity index (χ2v) is 8.16. The highest BCUT2D eigenvalue weighted by Crippen LogP contribution is 2.27. The Kier molecular flexibility index (Phi) is 6.78. The van der Waals surface area contributed by atoms with E-state index in [-0.39, 0.29) is 42.3 Å². The lowest BCUT2D eigenvalue weighted by molar-refractivity contribution is -0.145. The van der Waals surface area contributed by atoms with Gasteiger partial charge in [-0.05, 0) is 42.5 Å². The largest absolute Gasteiger partial charge is 0.455 e. The van der Waals surface area contributed by atoms with Crippen molar-refractivity contribution >= 4 is 46.5 Å². The van der Waals surface area contributed by atoms with Gasteiger partial charge in [0.2, 0.25) is 5.91 Å². The van der Waals surface area contributed by atoms with Gasteiger partial charge in [0.25, 0.3) is 11.1 Å². The van der Waals surface area contributed by atoms with Crippen molar-refractivity contribution in [3.05, 3.63) is 29.3 Å². The molecule has 7 nitrogen and oxygen atoms in total. The zero-order valence-electron chi connectivity index (χ0n) is 14.7. The molecule has 1 aliphatic heterocycles. The number of hydrogen-bond acceptors (Lipinski definition) is 7. The summed E-state index contributed by atoms with van der Waals surface area (Å²) in [7, 11) is 0. The highest BCUT2D eigenvalue weighted by atomic mass is 32.2. The third-order valence-corrected chi connectivity index (χ3v) is 6.11. The molecule has 0 aromatic heterocycles. The van der Waals surface area contributed by atoms with Crippen LogP contribution in [0.5, 0.6) is 0 Å². The molecule has 27 heavy (non-hydrogen) atoms. The SMILES string of the molecule is O=C(COC(=O)CSc1ccc2c(c1)CCC2)NCCN1C(=O)CSC1=O. The van der Waals surface area contributed by atoms with E-state index in [1.54, 1.807) is 0 Å². The van der Waals surface area contributed by atoms with Gasteiger partial charge in [0, 0.05) is 18.0 Å². The summed E-state index contributed by atoms with van der Waals surface area (Å²) in [6, 6.07) is 6.23. The molecule has 1 N–H and O–H groups in total. The summed E-state index contributed by atoms with van der Waals surface area (Å²) in [6.45, 7) is -0.114. The predicted octanol–water partition coefficient (Wildman–Crippen LogP) is 1.62. The second-order valence-electron chi connectivity index (χ2n) is 6.18. The zero-order chi connectivity index (χ0) is 19.2. The van der Waals surface area contributed by atoms with Gasteiger partial charge in [-0.15, -0.1) is 11.8 Å². The molecule has 1 fully saturated rings. The van der Waals surface area contributed by atoms with E-state index in [0.29, 0.717) is 0 Å². The molecule has 1 aliphatic carbocycles. The Morgan fingerprint density at radius 3 is 2.81 bits per heavy atom. The van der Waals surface area contributed by atoms with Crippen LogP contribution in [-0.4, -0.2) is 59.1 Å². The molecule has 3 rings (SSSR count). The molecule has 0 saturated carbocycles. The first kappa shape index (κ1) is 19.8. The van der Waals surface area contributed by atoms with Gasteiger partial charge >= 0.3 is 5.97 Å². The molecule has 1 aromatic carbocycles. The van der Waals surface area contributed by atoms with E-state index < -0.39 is 11.9 Å². The first-order valence-electron chi connectivity index (χ1n) is 8.67. The number of fused-ring (bicyclic) bond motifs is 1. The van der Waals surface area contributed by atoms with Gasteiger partial charge in [-0.25, -0.2) is 0 Å². The van der Waals surface area contributed by atoms with Crippen molar-refractivity contribution in [2.75, 3.05) is 31.2 Å². The first-order valence-corrected chi connectivity index (χ1v) is 10.6. The van der Waals surface area contributed by atoms with Crippen LogP contribution in [-0.2, 0) is 32.0 Å². The second kappa shape index (κ2) is 9.27.